The second-order valence-corrected chi connectivity index (χ2v) is 12.4. The van der Waals surface area contributed by atoms with E-state index in [4.69, 9.17) is 34.8 Å². The van der Waals surface area contributed by atoms with Crippen LogP contribution in [0.25, 0.3) is 28.0 Å². The van der Waals surface area contributed by atoms with Gasteiger partial charge in [0, 0.05) is 37.3 Å². The third-order valence-corrected chi connectivity index (χ3v) is 8.98. The summed E-state index contributed by atoms with van der Waals surface area (Å²) in [6, 6.07) is 4.84. The van der Waals surface area contributed by atoms with E-state index in [-0.39, 0.29) is 70.5 Å². The normalized spacial score (nSPS) is 15.0. The van der Waals surface area contributed by atoms with E-state index in [0.717, 1.165) is 0 Å². The molecule has 0 spiro atoms. The topological polar surface area (TPSA) is 115 Å². The average molecular weight is 688 g/mol. The Morgan fingerprint density at radius 1 is 1.20 bits per heavy atom. The highest BCUT2D eigenvalue weighted by Gasteiger charge is 2.33. The van der Waals surface area contributed by atoms with E-state index >= 15 is 4.39 Å². The van der Waals surface area contributed by atoms with E-state index in [2.05, 4.69) is 22.6 Å². The van der Waals surface area contributed by atoms with Gasteiger partial charge < -0.3 is 14.9 Å². The Balaban J connectivity index is 1.94. The van der Waals surface area contributed by atoms with Crippen LogP contribution in [-0.4, -0.2) is 56.1 Å². The van der Waals surface area contributed by atoms with Crippen LogP contribution in [0, 0.1) is 29.9 Å². The molecule has 5 rings (SSSR count). The number of benzene rings is 1. The molecule has 1 aromatic carbocycles. The van der Waals surface area contributed by atoms with Crippen LogP contribution in [0.4, 0.5) is 14.5 Å². The van der Waals surface area contributed by atoms with Crippen molar-refractivity contribution in [1.82, 2.24) is 19.4 Å². The molecule has 4 aromatic rings. The maximum absolute atomic E-state index is 15.5. The number of carbonyl (C=O) groups excluding carboxylic acids is 1. The summed E-state index contributed by atoms with van der Waals surface area (Å²) in [6.07, 6.45) is 2.82. The molecule has 1 aliphatic rings. The summed E-state index contributed by atoms with van der Waals surface area (Å²) in [7, 11) is 0. The van der Waals surface area contributed by atoms with Crippen molar-refractivity contribution in [3.8, 4) is 28.8 Å². The van der Waals surface area contributed by atoms with Gasteiger partial charge in [0.2, 0.25) is 5.91 Å². The molecule has 1 fully saturated rings. The first-order valence-corrected chi connectivity index (χ1v) is 15.3. The summed E-state index contributed by atoms with van der Waals surface area (Å²) in [5, 5.41) is 19.0. The lowest BCUT2D eigenvalue weighted by Gasteiger charge is -2.41. The molecule has 1 amide bonds. The van der Waals surface area contributed by atoms with Gasteiger partial charge in [0.05, 0.1) is 38.4 Å². The number of nitrogens with zero attached hydrogens (tertiary/aromatic N) is 6. The lowest BCUT2D eigenvalue weighted by Crippen LogP contribution is -2.54. The predicted molar refractivity (Wildman–Crippen MR) is 174 cm³/mol. The van der Waals surface area contributed by atoms with Gasteiger partial charge in [-0.05, 0) is 43.5 Å². The van der Waals surface area contributed by atoms with Gasteiger partial charge in [0.15, 0.2) is 17.4 Å². The number of aryl methyl sites for hydroxylation is 1. The molecule has 46 heavy (non-hydrogen) atoms. The fourth-order valence-corrected chi connectivity index (χ4v) is 6.48. The number of anilines is 1. The minimum atomic E-state index is -1.46. The Kier molecular flexibility index (Phi) is 9.01. The van der Waals surface area contributed by atoms with Gasteiger partial charge in [-0.15, -0.1) is 0 Å². The highest BCUT2D eigenvalue weighted by molar-refractivity contribution is 6.39. The summed E-state index contributed by atoms with van der Waals surface area (Å²) < 4.78 is 31.2. The molecule has 9 nitrogen and oxygen atoms in total. The molecule has 0 bridgehead atoms. The van der Waals surface area contributed by atoms with Gasteiger partial charge in [0.1, 0.15) is 22.3 Å². The van der Waals surface area contributed by atoms with Gasteiger partial charge >= 0.3 is 0 Å². The lowest BCUT2D eigenvalue weighted by molar-refractivity contribution is -0.128. The van der Waals surface area contributed by atoms with E-state index in [0.29, 0.717) is 16.9 Å². The van der Waals surface area contributed by atoms with Crippen LogP contribution in [0.2, 0.25) is 15.1 Å². The Labute approximate surface area is 277 Å². The first kappa shape index (κ1) is 33.1. The van der Waals surface area contributed by atoms with Crippen LogP contribution in [0.5, 0.6) is 5.75 Å². The zero-order chi connectivity index (χ0) is 33.8. The Morgan fingerprint density at radius 3 is 2.50 bits per heavy atom. The zero-order valence-electron chi connectivity index (χ0n) is 25.1. The van der Waals surface area contributed by atoms with Crippen LogP contribution in [0.3, 0.4) is 0 Å². The Hall–Kier alpha value is -4.24. The molecule has 0 unspecified atom stereocenters. The number of rotatable bonds is 5. The van der Waals surface area contributed by atoms with Crippen LogP contribution >= 0.6 is 34.8 Å². The summed E-state index contributed by atoms with van der Waals surface area (Å²) >= 11 is 18.8. The van der Waals surface area contributed by atoms with Crippen molar-refractivity contribution in [2.24, 2.45) is 0 Å². The average Bonchev–Trinajstić information content (AvgIpc) is 3.02. The summed E-state index contributed by atoms with van der Waals surface area (Å²) in [5.74, 6) is -4.32. The van der Waals surface area contributed by atoms with E-state index in [9.17, 15) is 24.3 Å². The molecule has 1 aliphatic heterocycles. The first-order valence-electron chi connectivity index (χ1n) is 14.1. The van der Waals surface area contributed by atoms with Crippen LogP contribution < -0.4 is 10.5 Å². The van der Waals surface area contributed by atoms with Gasteiger partial charge in [-0.1, -0.05) is 55.2 Å². The second kappa shape index (κ2) is 12.5. The second-order valence-electron chi connectivity index (χ2n) is 11.2. The fraction of sp³-hybridized carbons (Fsp3) is 0.281. The molecule has 1 saturated heterocycles. The van der Waals surface area contributed by atoms with Crippen molar-refractivity contribution in [3.63, 3.8) is 0 Å². The SMILES string of the molecule is C=CC(=O)N1CCN(c2c(C#N)c(=O)n(-c3c(C)ccnc3C(C)C)c3nc(-c4c(F)c(Cl)c(F)c(O)c4Cl)c(Cl)cc23)C[C@H]1C. The highest BCUT2D eigenvalue weighted by atomic mass is 35.5. The van der Waals surface area contributed by atoms with E-state index < -0.39 is 38.6 Å². The molecule has 0 saturated carbocycles. The van der Waals surface area contributed by atoms with Crippen LogP contribution in [-0.2, 0) is 4.79 Å². The molecular formula is C32H27Cl3F2N6O3. The Morgan fingerprint density at radius 2 is 1.89 bits per heavy atom. The highest BCUT2D eigenvalue weighted by Crippen LogP contribution is 2.45. The molecule has 1 atom stereocenters. The number of aromatic hydroxyl groups is 1. The largest absolute Gasteiger partial charge is 0.504 e. The van der Waals surface area contributed by atoms with Gasteiger partial charge in [-0.25, -0.2) is 13.8 Å². The maximum atomic E-state index is 15.5. The van der Waals surface area contributed by atoms with Crippen molar-refractivity contribution in [2.45, 2.75) is 39.7 Å². The molecule has 3 aromatic heterocycles. The van der Waals surface area contributed by atoms with Crippen LogP contribution in [0.1, 0.15) is 43.5 Å². The monoisotopic (exact) mass is 686 g/mol. The molecule has 0 radical (unpaired) electrons. The lowest BCUT2D eigenvalue weighted by atomic mass is 10.0. The van der Waals surface area contributed by atoms with E-state index in [1.165, 1.54) is 16.7 Å². The molecular weight excluding hydrogens is 661 g/mol. The smallest absolute Gasteiger partial charge is 0.276 e. The predicted octanol–water partition coefficient (Wildman–Crippen LogP) is 6.92. The molecule has 1 N–H and O–H groups in total. The third kappa shape index (κ3) is 5.24. The number of amides is 1. The van der Waals surface area contributed by atoms with Crippen molar-refractivity contribution in [3.05, 3.63) is 84.9 Å². The number of carbonyl (C=O) groups is 1. The zero-order valence-corrected chi connectivity index (χ0v) is 27.4. The molecule has 0 aliphatic carbocycles. The minimum Gasteiger partial charge on any atom is -0.504 e. The number of fused-ring (bicyclic) bond motifs is 1. The number of hydrogen-bond acceptors (Lipinski definition) is 7. The number of nitriles is 1. The fourth-order valence-electron chi connectivity index (χ4n) is 5.80. The van der Waals surface area contributed by atoms with Crippen molar-refractivity contribution < 1.29 is 18.7 Å². The van der Waals surface area contributed by atoms with E-state index in [1.807, 2.05) is 20.8 Å². The van der Waals surface area contributed by atoms with Gasteiger partial charge in [0.25, 0.3) is 5.56 Å². The summed E-state index contributed by atoms with van der Waals surface area (Å²) in [4.78, 5) is 39.5. The number of phenols is 1. The van der Waals surface area contributed by atoms with Crippen LogP contribution in [0.15, 0.2) is 35.8 Å². The third-order valence-electron chi connectivity index (χ3n) is 7.99. The quantitative estimate of drug-likeness (QED) is 0.138. The number of aromatic nitrogens is 3. The van der Waals surface area contributed by atoms with Gasteiger partial charge in [-0.2, -0.15) is 5.26 Å². The summed E-state index contributed by atoms with van der Waals surface area (Å²) in [6.45, 7) is 11.7. The van der Waals surface area contributed by atoms with Crippen molar-refractivity contribution in [2.75, 3.05) is 24.5 Å². The van der Waals surface area contributed by atoms with Gasteiger partial charge in [-0.3, -0.25) is 19.1 Å². The summed E-state index contributed by atoms with van der Waals surface area (Å²) in [5.41, 5.74) is -0.159. The molecule has 238 valence electrons. The maximum Gasteiger partial charge on any atom is 0.276 e. The standard InChI is InChI=1S/C32H27Cl3F2N6O3/c1-6-20(44)42-10-9-41(13-16(42)5)29-17-11-19(33)27(21-22(34)30(45)25(37)23(35)24(21)36)40-31(17)43(32(46)18(29)12-38)28-15(4)7-8-39-26(28)14(2)3/h6-8,11,14,16,45H,1,9-10,13H2,2-5H3/t16-/m1/s1. The number of pyridine rings is 3. The minimum absolute atomic E-state index is 0.0379. The Bertz CT molecular complexity index is 2030. The van der Waals surface area contributed by atoms with E-state index in [1.54, 1.807) is 29.0 Å². The van der Waals surface area contributed by atoms with Crippen molar-refractivity contribution in [1.29, 1.82) is 5.26 Å². The number of phenolic OH excluding ortho intramolecular Hbond substituents is 1. The number of halogens is 5. The van der Waals surface area contributed by atoms with Crippen molar-refractivity contribution >= 4 is 57.4 Å². The number of hydrogen-bond donors (Lipinski definition) is 1. The molecule has 14 heteroatoms. The molecule has 4 heterocycles. The first-order chi connectivity index (χ1) is 21.7. The number of piperazine rings is 1.